The molecule has 0 radical (unpaired) electrons. The zero-order valence-corrected chi connectivity index (χ0v) is 19.1. The molecule has 8 heteroatoms. The largest absolute Gasteiger partial charge is 0.351 e. The molecule has 0 fully saturated rings. The molecule has 3 heterocycles. The zero-order valence-electron chi connectivity index (χ0n) is 19.1. The second-order valence-electron chi connectivity index (χ2n) is 7.68. The van der Waals surface area contributed by atoms with E-state index < -0.39 is 6.03 Å². The number of amidine groups is 2. The van der Waals surface area contributed by atoms with Gasteiger partial charge in [0, 0.05) is 30.1 Å². The molecule has 0 bridgehead atoms. The van der Waals surface area contributed by atoms with Crippen LogP contribution >= 0.6 is 0 Å². The summed E-state index contributed by atoms with van der Waals surface area (Å²) in [5.41, 5.74) is 9.67. The highest BCUT2D eigenvalue weighted by Gasteiger charge is 2.16. The smallest absolute Gasteiger partial charge is 0.317 e. The summed E-state index contributed by atoms with van der Waals surface area (Å²) < 4.78 is 0. The summed E-state index contributed by atoms with van der Waals surface area (Å²) in [4.78, 5) is 29.0. The van der Waals surface area contributed by atoms with Crippen molar-refractivity contribution in [1.29, 1.82) is 0 Å². The van der Waals surface area contributed by atoms with Crippen LogP contribution in [0.1, 0.15) is 23.2 Å². The lowest BCUT2D eigenvalue weighted by atomic mass is 10.1. The Balaban J connectivity index is 1.57. The summed E-state index contributed by atoms with van der Waals surface area (Å²) in [6.45, 7) is 4.57. The van der Waals surface area contributed by atoms with Gasteiger partial charge in [0.15, 0.2) is 0 Å². The molecule has 0 saturated carbocycles. The van der Waals surface area contributed by atoms with E-state index in [0.717, 1.165) is 28.1 Å². The number of carbonyl (C=O) groups excluding carboxylic acids is 1. The molecule has 0 aliphatic carbocycles. The van der Waals surface area contributed by atoms with Gasteiger partial charge in [0.2, 0.25) is 0 Å². The fourth-order valence-corrected chi connectivity index (χ4v) is 3.32. The van der Waals surface area contributed by atoms with E-state index in [4.69, 9.17) is 10.7 Å². The monoisotopic (exact) mass is 463 g/mol. The number of urea groups is 1. The number of hydrogen-bond donors (Lipinski definition) is 3. The Bertz CT molecular complexity index is 1310. The van der Waals surface area contributed by atoms with Crippen LogP contribution in [0.4, 0.5) is 10.6 Å². The standard InChI is InChI=1S/C27H25N7O/c1-19(20-9-3-2-4-10-20)8-7-12-22-16-25(31-18-23-11-5-6-15-29-23)33-26(32-22)21-13-14-24(30-17-21)34-27(28)35/h2-15,17H,1,16,18H2,(H,31,32,33)(H3,28,30,34,35)/b8-7-,22-12+. The van der Waals surface area contributed by atoms with Crippen LogP contribution in [0.2, 0.25) is 0 Å². The van der Waals surface area contributed by atoms with Crippen molar-refractivity contribution in [2.75, 3.05) is 5.32 Å². The highest BCUT2D eigenvalue weighted by Crippen LogP contribution is 2.16. The Hall–Kier alpha value is -4.85. The third kappa shape index (κ3) is 6.82. The second kappa shape index (κ2) is 11.3. The van der Waals surface area contributed by atoms with Gasteiger partial charge >= 0.3 is 6.03 Å². The zero-order chi connectivity index (χ0) is 24.5. The highest BCUT2D eigenvalue weighted by atomic mass is 16.2. The number of primary amides is 1. The minimum absolute atomic E-state index is 0.361. The van der Waals surface area contributed by atoms with E-state index in [0.29, 0.717) is 30.5 Å². The summed E-state index contributed by atoms with van der Waals surface area (Å²) in [5, 5.41) is 5.80. The highest BCUT2D eigenvalue weighted by molar-refractivity contribution is 6.09. The molecule has 8 nitrogen and oxygen atoms in total. The number of allylic oxidation sites excluding steroid dienone is 4. The summed E-state index contributed by atoms with van der Waals surface area (Å²) in [6, 6.07) is 18.5. The number of amides is 2. The van der Waals surface area contributed by atoms with Gasteiger partial charge in [0.05, 0.1) is 12.2 Å². The Morgan fingerprint density at radius 1 is 1.11 bits per heavy atom. The van der Waals surface area contributed by atoms with Crippen molar-refractivity contribution in [3.63, 3.8) is 0 Å². The molecule has 1 aromatic carbocycles. The van der Waals surface area contributed by atoms with Crippen LogP contribution in [0.3, 0.4) is 0 Å². The quantitative estimate of drug-likeness (QED) is 0.448. The third-order valence-electron chi connectivity index (χ3n) is 5.05. The number of aromatic nitrogens is 2. The van der Waals surface area contributed by atoms with Gasteiger partial charge in [-0.05, 0) is 41.5 Å². The van der Waals surface area contributed by atoms with E-state index in [9.17, 15) is 4.79 Å². The first kappa shape index (κ1) is 23.3. The number of nitrogens with one attached hydrogen (secondary N) is 2. The Morgan fingerprint density at radius 3 is 2.66 bits per heavy atom. The third-order valence-corrected chi connectivity index (χ3v) is 5.05. The average molecular weight is 464 g/mol. The van der Waals surface area contributed by atoms with Gasteiger partial charge in [-0.2, -0.15) is 0 Å². The SMILES string of the molecule is C=C(/C=C\C=C1/CC(=NCc2ccccn2)N=C(c2ccc(NC(N)=O)nc2)N1)c1ccccc1. The molecule has 4 rings (SSSR count). The molecule has 1 aliphatic rings. The molecule has 2 amide bonds. The number of rotatable bonds is 7. The van der Waals surface area contributed by atoms with Crippen molar-refractivity contribution in [3.8, 4) is 0 Å². The lowest BCUT2D eigenvalue weighted by molar-refractivity contribution is 0.259. The second-order valence-corrected chi connectivity index (χ2v) is 7.68. The molecule has 174 valence electrons. The lowest BCUT2D eigenvalue weighted by Gasteiger charge is -2.19. The first-order valence-corrected chi connectivity index (χ1v) is 11.0. The summed E-state index contributed by atoms with van der Waals surface area (Å²) in [5.74, 6) is 1.64. The summed E-state index contributed by atoms with van der Waals surface area (Å²) in [6.07, 6.45) is 9.79. The van der Waals surface area contributed by atoms with Gasteiger partial charge in [0.1, 0.15) is 17.5 Å². The van der Waals surface area contributed by atoms with Crippen molar-refractivity contribution in [2.45, 2.75) is 13.0 Å². The van der Waals surface area contributed by atoms with Gasteiger partial charge in [-0.1, -0.05) is 55.1 Å². The summed E-state index contributed by atoms with van der Waals surface area (Å²) in [7, 11) is 0. The van der Waals surface area contributed by atoms with Gasteiger partial charge in [0.25, 0.3) is 0 Å². The van der Waals surface area contributed by atoms with E-state index in [1.165, 1.54) is 0 Å². The van der Waals surface area contributed by atoms with Crippen molar-refractivity contribution in [1.82, 2.24) is 15.3 Å². The van der Waals surface area contributed by atoms with Crippen LogP contribution < -0.4 is 16.4 Å². The van der Waals surface area contributed by atoms with Crippen molar-refractivity contribution in [3.05, 3.63) is 120 Å². The fourth-order valence-electron chi connectivity index (χ4n) is 3.32. The average Bonchev–Trinajstić information content (AvgIpc) is 2.88. The Morgan fingerprint density at radius 2 is 1.94 bits per heavy atom. The molecule has 1 aliphatic heterocycles. The number of aliphatic imine (C=N–C) groups is 2. The van der Waals surface area contributed by atoms with Crippen LogP contribution in [0.25, 0.3) is 5.57 Å². The van der Waals surface area contributed by atoms with Gasteiger partial charge in [-0.15, -0.1) is 0 Å². The number of anilines is 1. The van der Waals surface area contributed by atoms with Gasteiger partial charge in [-0.25, -0.2) is 14.8 Å². The maximum atomic E-state index is 11.1. The van der Waals surface area contributed by atoms with E-state index >= 15 is 0 Å². The van der Waals surface area contributed by atoms with Crippen molar-refractivity contribution in [2.24, 2.45) is 15.7 Å². The van der Waals surface area contributed by atoms with Crippen molar-refractivity contribution < 1.29 is 4.79 Å². The van der Waals surface area contributed by atoms with Crippen LogP contribution in [0.5, 0.6) is 0 Å². The summed E-state index contributed by atoms with van der Waals surface area (Å²) >= 11 is 0. The number of pyridine rings is 2. The molecule has 4 N–H and O–H groups in total. The molecular weight excluding hydrogens is 438 g/mol. The number of carbonyl (C=O) groups is 1. The van der Waals surface area contributed by atoms with E-state index in [1.54, 1.807) is 24.5 Å². The topological polar surface area (TPSA) is 118 Å². The molecular formula is C27H25N7O. The van der Waals surface area contributed by atoms with Gasteiger partial charge in [-0.3, -0.25) is 15.3 Å². The van der Waals surface area contributed by atoms with E-state index in [-0.39, 0.29) is 0 Å². The molecule has 0 saturated heterocycles. The molecule has 35 heavy (non-hydrogen) atoms. The predicted molar refractivity (Wildman–Crippen MR) is 140 cm³/mol. The van der Waals surface area contributed by atoms with Crippen LogP contribution in [-0.4, -0.2) is 27.7 Å². The van der Waals surface area contributed by atoms with Crippen molar-refractivity contribution >= 4 is 29.1 Å². The van der Waals surface area contributed by atoms with E-state index in [2.05, 4.69) is 32.2 Å². The lowest BCUT2D eigenvalue weighted by Crippen LogP contribution is -2.31. The minimum Gasteiger partial charge on any atom is -0.351 e. The van der Waals surface area contributed by atoms with Crippen LogP contribution in [-0.2, 0) is 6.54 Å². The molecule has 0 atom stereocenters. The minimum atomic E-state index is -0.670. The number of benzene rings is 1. The van der Waals surface area contributed by atoms with E-state index in [1.807, 2.05) is 66.8 Å². The van der Waals surface area contributed by atoms with Gasteiger partial charge < -0.3 is 11.1 Å². The molecule has 0 spiro atoms. The normalized spacial score (nSPS) is 15.6. The van der Waals surface area contributed by atoms with Crippen LogP contribution in [0, 0.1) is 0 Å². The molecule has 3 aromatic rings. The predicted octanol–water partition coefficient (Wildman–Crippen LogP) is 4.46. The number of hydrogen-bond acceptors (Lipinski definition) is 5. The Kier molecular flexibility index (Phi) is 7.55. The fraction of sp³-hybridized carbons (Fsp3) is 0.0741. The van der Waals surface area contributed by atoms with Crippen LogP contribution in [0.15, 0.2) is 114 Å². The first-order valence-electron chi connectivity index (χ1n) is 11.0. The first-order chi connectivity index (χ1) is 17.1. The Labute approximate surface area is 203 Å². The molecule has 0 unspecified atom stereocenters. The maximum Gasteiger partial charge on any atom is 0.317 e. The maximum absolute atomic E-state index is 11.1. The number of nitrogens with two attached hydrogens (primary N) is 1. The molecule has 2 aromatic heterocycles. The number of nitrogens with zero attached hydrogens (tertiary/aromatic N) is 4.